The van der Waals surface area contributed by atoms with Gasteiger partial charge in [0.2, 0.25) is 0 Å². The fourth-order valence-electron chi connectivity index (χ4n) is 2.58. The van der Waals surface area contributed by atoms with Crippen molar-refractivity contribution < 1.29 is 4.79 Å². The molecule has 1 saturated heterocycles. The molecule has 1 aromatic rings. The van der Waals surface area contributed by atoms with Gasteiger partial charge in [0.05, 0.1) is 0 Å². The molecule has 1 amide bonds. The minimum absolute atomic E-state index is 0.131. The van der Waals surface area contributed by atoms with Gasteiger partial charge in [-0.1, -0.05) is 0 Å². The zero-order valence-corrected chi connectivity index (χ0v) is 12.2. The molecule has 0 aromatic heterocycles. The molecule has 1 heterocycles. The fourth-order valence-corrected chi connectivity index (χ4v) is 2.58. The van der Waals surface area contributed by atoms with Gasteiger partial charge in [0, 0.05) is 50.5 Å². The highest BCUT2D eigenvalue weighted by Crippen LogP contribution is 2.17. The molecule has 1 fully saturated rings. The van der Waals surface area contributed by atoms with Crippen molar-refractivity contribution in [3.05, 3.63) is 29.8 Å². The maximum atomic E-state index is 12.6. The fraction of sp³-hybridized carbons (Fsp3) is 0.533. The third-order valence-electron chi connectivity index (χ3n) is 3.69. The van der Waals surface area contributed by atoms with Crippen molar-refractivity contribution in [3.63, 3.8) is 0 Å². The lowest BCUT2D eigenvalue weighted by Crippen LogP contribution is -2.57. The van der Waals surface area contributed by atoms with Crippen molar-refractivity contribution >= 4 is 11.6 Å². The molecule has 0 spiro atoms. The Hall–Kier alpha value is -1.55. The standard InChI is InChI=1S/C15H23N3O/c1-11-9-16-10-12(2)18(11)15(19)13-5-7-14(8-6-13)17(3)4/h5-8,11-12,16H,9-10H2,1-4H3. The van der Waals surface area contributed by atoms with E-state index < -0.39 is 0 Å². The van der Waals surface area contributed by atoms with Crippen molar-refractivity contribution in [2.24, 2.45) is 0 Å². The first-order chi connectivity index (χ1) is 9.00. The van der Waals surface area contributed by atoms with Crippen molar-refractivity contribution in [3.8, 4) is 0 Å². The van der Waals surface area contributed by atoms with E-state index in [1.165, 1.54) is 0 Å². The summed E-state index contributed by atoms with van der Waals surface area (Å²) in [4.78, 5) is 16.6. The number of piperazine rings is 1. The summed E-state index contributed by atoms with van der Waals surface area (Å²) in [5.74, 6) is 0.131. The molecule has 1 aliphatic rings. The van der Waals surface area contributed by atoms with Crippen LogP contribution in [0.25, 0.3) is 0 Å². The number of hydrogen-bond donors (Lipinski definition) is 1. The molecule has 0 radical (unpaired) electrons. The Morgan fingerprint density at radius 3 is 2.16 bits per heavy atom. The predicted molar refractivity (Wildman–Crippen MR) is 78.7 cm³/mol. The molecule has 2 atom stereocenters. The highest BCUT2D eigenvalue weighted by Gasteiger charge is 2.29. The number of carbonyl (C=O) groups excluding carboxylic acids is 1. The molecule has 0 bridgehead atoms. The number of carbonyl (C=O) groups is 1. The van der Waals surface area contributed by atoms with Gasteiger partial charge in [0.15, 0.2) is 0 Å². The molecule has 4 heteroatoms. The Morgan fingerprint density at radius 2 is 1.68 bits per heavy atom. The second-order valence-electron chi connectivity index (χ2n) is 5.51. The maximum absolute atomic E-state index is 12.6. The van der Waals surface area contributed by atoms with Gasteiger partial charge in [-0.25, -0.2) is 0 Å². The summed E-state index contributed by atoms with van der Waals surface area (Å²) in [6.45, 7) is 5.92. The number of nitrogens with zero attached hydrogens (tertiary/aromatic N) is 2. The molecular formula is C15H23N3O. The highest BCUT2D eigenvalue weighted by molar-refractivity contribution is 5.95. The van der Waals surface area contributed by atoms with E-state index in [1.807, 2.05) is 48.2 Å². The molecule has 2 unspecified atom stereocenters. The van der Waals surface area contributed by atoms with Crippen LogP contribution in [0.2, 0.25) is 0 Å². The highest BCUT2D eigenvalue weighted by atomic mass is 16.2. The number of amides is 1. The van der Waals surface area contributed by atoms with E-state index in [4.69, 9.17) is 0 Å². The van der Waals surface area contributed by atoms with Crippen LogP contribution in [-0.2, 0) is 0 Å². The average molecular weight is 261 g/mol. The van der Waals surface area contributed by atoms with Gasteiger partial charge in [0.25, 0.3) is 5.91 Å². The molecule has 1 aliphatic heterocycles. The molecule has 19 heavy (non-hydrogen) atoms. The van der Waals surface area contributed by atoms with Gasteiger partial charge in [-0.2, -0.15) is 0 Å². The first-order valence-electron chi connectivity index (χ1n) is 6.81. The molecule has 0 saturated carbocycles. The summed E-state index contributed by atoms with van der Waals surface area (Å²) in [6, 6.07) is 8.29. The number of rotatable bonds is 2. The van der Waals surface area contributed by atoms with E-state index in [1.54, 1.807) is 0 Å². The Kier molecular flexibility index (Phi) is 4.10. The van der Waals surface area contributed by atoms with Gasteiger partial charge >= 0.3 is 0 Å². The first-order valence-corrected chi connectivity index (χ1v) is 6.81. The van der Waals surface area contributed by atoms with Crippen molar-refractivity contribution in [2.45, 2.75) is 25.9 Å². The van der Waals surface area contributed by atoms with Gasteiger partial charge in [-0.05, 0) is 38.1 Å². The van der Waals surface area contributed by atoms with Crippen molar-refractivity contribution in [2.75, 3.05) is 32.1 Å². The van der Waals surface area contributed by atoms with Crippen LogP contribution in [0.4, 0.5) is 5.69 Å². The minimum atomic E-state index is 0.131. The van der Waals surface area contributed by atoms with Gasteiger partial charge in [-0.15, -0.1) is 0 Å². The third-order valence-corrected chi connectivity index (χ3v) is 3.69. The monoisotopic (exact) mass is 261 g/mol. The van der Waals surface area contributed by atoms with Crippen LogP contribution in [0, 0.1) is 0 Å². The van der Waals surface area contributed by atoms with E-state index >= 15 is 0 Å². The Bertz CT molecular complexity index is 431. The second kappa shape index (κ2) is 5.61. The van der Waals surface area contributed by atoms with Crippen LogP contribution in [0.15, 0.2) is 24.3 Å². The summed E-state index contributed by atoms with van der Waals surface area (Å²) in [7, 11) is 3.99. The number of hydrogen-bond acceptors (Lipinski definition) is 3. The lowest BCUT2D eigenvalue weighted by molar-refractivity contribution is 0.0544. The molecule has 0 aliphatic carbocycles. The van der Waals surface area contributed by atoms with Gasteiger partial charge < -0.3 is 15.1 Å². The van der Waals surface area contributed by atoms with E-state index in [9.17, 15) is 4.79 Å². The summed E-state index contributed by atoms with van der Waals surface area (Å²) in [5, 5.41) is 3.34. The largest absolute Gasteiger partial charge is 0.378 e. The summed E-state index contributed by atoms with van der Waals surface area (Å²) in [5.41, 5.74) is 1.88. The zero-order valence-electron chi connectivity index (χ0n) is 12.2. The lowest BCUT2D eigenvalue weighted by atomic mass is 10.1. The summed E-state index contributed by atoms with van der Waals surface area (Å²) >= 11 is 0. The summed E-state index contributed by atoms with van der Waals surface area (Å²) in [6.07, 6.45) is 0. The quantitative estimate of drug-likeness (QED) is 0.878. The zero-order chi connectivity index (χ0) is 14.0. The maximum Gasteiger partial charge on any atom is 0.254 e. The van der Waals surface area contributed by atoms with Crippen LogP contribution < -0.4 is 10.2 Å². The predicted octanol–water partition coefficient (Wildman–Crippen LogP) is 1.57. The van der Waals surface area contributed by atoms with Crippen LogP contribution in [-0.4, -0.2) is 50.1 Å². The normalized spacial score (nSPS) is 23.3. The molecule has 104 valence electrons. The Balaban J connectivity index is 2.18. The van der Waals surface area contributed by atoms with Crippen molar-refractivity contribution in [1.82, 2.24) is 10.2 Å². The second-order valence-corrected chi connectivity index (χ2v) is 5.51. The molecule has 2 rings (SSSR count). The number of anilines is 1. The number of benzene rings is 1. The lowest BCUT2D eigenvalue weighted by Gasteiger charge is -2.39. The van der Waals surface area contributed by atoms with Gasteiger partial charge in [0.1, 0.15) is 0 Å². The van der Waals surface area contributed by atoms with Crippen LogP contribution in [0.3, 0.4) is 0 Å². The molecule has 4 nitrogen and oxygen atoms in total. The Labute approximate surface area is 115 Å². The smallest absolute Gasteiger partial charge is 0.254 e. The van der Waals surface area contributed by atoms with E-state index in [0.29, 0.717) is 0 Å². The topological polar surface area (TPSA) is 35.6 Å². The Morgan fingerprint density at radius 1 is 1.16 bits per heavy atom. The van der Waals surface area contributed by atoms with Crippen LogP contribution in [0.5, 0.6) is 0 Å². The van der Waals surface area contributed by atoms with E-state index in [0.717, 1.165) is 24.3 Å². The van der Waals surface area contributed by atoms with Gasteiger partial charge in [-0.3, -0.25) is 4.79 Å². The van der Waals surface area contributed by atoms with Crippen LogP contribution >= 0.6 is 0 Å². The SMILES string of the molecule is CC1CNCC(C)N1C(=O)c1ccc(N(C)C)cc1. The number of nitrogens with one attached hydrogen (secondary N) is 1. The average Bonchev–Trinajstić information content (AvgIpc) is 2.38. The molecular weight excluding hydrogens is 238 g/mol. The summed E-state index contributed by atoms with van der Waals surface area (Å²) < 4.78 is 0. The van der Waals surface area contributed by atoms with Crippen molar-refractivity contribution in [1.29, 1.82) is 0 Å². The van der Waals surface area contributed by atoms with E-state index in [-0.39, 0.29) is 18.0 Å². The van der Waals surface area contributed by atoms with Crippen LogP contribution in [0.1, 0.15) is 24.2 Å². The molecule has 1 aromatic carbocycles. The minimum Gasteiger partial charge on any atom is -0.378 e. The first kappa shape index (κ1) is 13.9. The third kappa shape index (κ3) is 2.89. The molecule has 1 N–H and O–H groups in total. The van der Waals surface area contributed by atoms with E-state index in [2.05, 4.69) is 19.2 Å².